The second kappa shape index (κ2) is 7.40. The molecule has 0 radical (unpaired) electrons. The second-order valence-corrected chi connectivity index (χ2v) is 7.75. The Morgan fingerprint density at radius 1 is 1.22 bits per heavy atom. The van der Waals surface area contributed by atoms with Gasteiger partial charge in [-0.3, -0.25) is 24.6 Å². The molecule has 0 saturated carbocycles. The number of piperidine rings is 2. The lowest BCUT2D eigenvalue weighted by molar-refractivity contribution is -0.136. The van der Waals surface area contributed by atoms with Crippen molar-refractivity contribution in [1.29, 1.82) is 0 Å². The zero-order valence-electron chi connectivity index (χ0n) is 15.7. The summed E-state index contributed by atoms with van der Waals surface area (Å²) in [5.41, 5.74) is 2.85. The SMILES string of the molecule is CNC1CCCN(Cc2ccc3c(c2)CN(C2CCC(=O)NC2=O)C3=O)C1. The molecule has 3 aliphatic heterocycles. The van der Waals surface area contributed by atoms with Gasteiger partial charge in [-0.15, -0.1) is 0 Å². The predicted molar refractivity (Wildman–Crippen MR) is 99.8 cm³/mol. The maximum Gasteiger partial charge on any atom is 0.255 e. The highest BCUT2D eigenvalue weighted by molar-refractivity contribution is 6.05. The molecule has 0 bridgehead atoms. The fraction of sp³-hybridized carbons (Fsp3) is 0.550. The molecule has 0 aliphatic carbocycles. The Kier molecular flexibility index (Phi) is 4.97. The molecule has 3 aliphatic rings. The molecule has 0 spiro atoms. The third kappa shape index (κ3) is 3.61. The Morgan fingerprint density at radius 3 is 2.85 bits per heavy atom. The smallest absolute Gasteiger partial charge is 0.255 e. The van der Waals surface area contributed by atoms with Crippen LogP contribution in [-0.2, 0) is 22.7 Å². The van der Waals surface area contributed by atoms with Gasteiger partial charge in [0.15, 0.2) is 0 Å². The highest BCUT2D eigenvalue weighted by Gasteiger charge is 2.39. The summed E-state index contributed by atoms with van der Waals surface area (Å²) in [4.78, 5) is 40.3. The Morgan fingerprint density at radius 2 is 2.07 bits per heavy atom. The van der Waals surface area contributed by atoms with Crippen LogP contribution in [0, 0.1) is 0 Å². The summed E-state index contributed by atoms with van der Waals surface area (Å²) in [6.45, 7) is 3.44. The van der Waals surface area contributed by atoms with Gasteiger partial charge in [-0.1, -0.05) is 12.1 Å². The van der Waals surface area contributed by atoms with Crippen molar-refractivity contribution in [1.82, 2.24) is 20.4 Å². The minimum atomic E-state index is -0.551. The van der Waals surface area contributed by atoms with Crippen LogP contribution in [0.2, 0.25) is 0 Å². The molecule has 27 heavy (non-hydrogen) atoms. The summed E-state index contributed by atoms with van der Waals surface area (Å²) in [6, 6.07) is 6.00. The summed E-state index contributed by atoms with van der Waals surface area (Å²) >= 11 is 0. The van der Waals surface area contributed by atoms with Gasteiger partial charge in [0.25, 0.3) is 5.91 Å². The molecule has 2 atom stereocenters. The highest BCUT2D eigenvalue weighted by atomic mass is 16.2. The number of nitrogens with zero attached hydrogens (tertiary/aromatic N) is 2. The van der Waals surface area contributed by atoms with E-state index in [1.165, 1.54) is 18.4 Å². The molecule has 2 unspecified atom stereocenters. The first-order valence-electron chi connectivity index (χ1n) is 9.71. The number of likely N-dealkylation sites (N-methyl/N-ethyl adjacent to an activating group) is 1. The number of nitrogens with one attached hydrogen (secondary N) is 2. The number of carbonyl (C=O) groups is 3. The molecule has 2 fully saturated rings. The molecule has 0 aromatic heterocycles. The van der Waals surface area contributed by atoms with E-state index in [9.17, 15) is 14.4 Å². The van der Waals surface area contributed by atoms with Gasteiger partial charge in [0.1, 0.15) is 6.04 Å². The van der Waals surface area contributed by atoms with Crippen LogP contribution in [0.3, 0.4) is 0 Å². The van der Waals surface area contributed by atoms with Gasteiger partial charge in [-0.05, 0) is 50.0 Å². The fourth-order valence-electron chi connectivity index (χ4n) is 4.42. The first-order valence-corrected chi connectivity index (χ1v) is 9.71. The van der Waals surface area contributed by atoms with Crippen molar-refractivity contribution in [3.8, 4) is 0 Å². The standard InChI is InChI=1S/C20H26N4O3/c1-21-15-3-2-8-23(12-15)10-13-4-5-16-14(9-13)11-24(20(16)27)17-6-7-18(25)22-19(17)26/h4-5,9,15,17,21H,2-3,6-8,10-12H2,1H3,(H,22,25,26). The number of hydrogen-bond acceptors (Lipinski definition) is 5. The van der Waals surface area contributed by atoms with Crippen LogP contribution in [0.15, 0.2) is 18.2 Å². The van der Waals surface area contributed by atoms with Gasteiger partial charge >= 0.3 is 0 Å². The zero-order chi connectivity index (χ0) is 19.0. The van der Waals surface area contributed by atoms with Gasteiger partial charge < -0.3 is 10.2 Å². The van der Waals surface area contributed by atoms with Gasteiger partial charge in [0.05, 0.1) is 0 Å². The molecule has 7 heteroatoms. The third-order valence-corrected chi connectivity index (χ3v) is 5.91. The van der Waals surface area contributed by atoms with Crippen molar-refractivity contribution in [2.24, 2.45) is 0 Å². The first-order chi connectivity index (χ1) is 13.0. The Bertz CT molecular complexity index is 778. The molecule has 1 aromatic rings. The van der Waals surface area contributed by atoms with Crippen molar-refractivity contribution in [3.63, 3.8) is 0 Å². The molecule has 1 aromatic carbocycles. The van der Waals surface area contributed by atoms with E-state index >= 15 is 0 Å². The molecule has 2 N–H and O–H groups in total. The molecule has 4 rings (SSSR count). The minimum Gasteiger partial charge on any atom is -0.322 e. The van der Waals surface area contributed by atoms with E-state index in [4.69, 9.17) is 0 Å². The first kappa shape index (κ1) is 18.1. The van der Waals surface area contributed by atoms with Crippen molar-refractivity contribution < 1.29 is 14.4 Å². The summed E-state index contributed by atoms with van der Waals surface area (Å²) in [5.74, 6) is -0.734. The van der Waals surface area contributed by atoms with Crippen LogP contribution in [-0.4, -0.2) is 59.7 Å². The number of benzene rings is 1. The molecule has 144 valence electrons. The summed E-state index contributed by atoms with van der Waals surface area (Å²) in [6.07, 6.45) is 3.09. The summed E-state index contributed by atoms with van der Waals surface area (Å²) < 4.78 is 0. The number of fused-ring (bicyclic) bond motifs is 1. The van der Waals surface area contributed by atoms with Crippen molar-refractivity contribution in [3.05, 3.63) is 34.9 Å². The van der Waals surface area contributed by atoms with Crippen LogP contribution in [0.4, 0.5) is 0 Å². The highest BCUT2D eigenvalue weighted by Crippen LogP contribution is 2.28. The van der Waals surface area contributed by atoms with Gasteiger partial charge in [-0.2, -0.15) is 0 Å². The van der Waals surface area contributed by atoms with Crippen LogP contribution in [0.1, 0.15) is 47.2 Å². The largest absolute Gasteiger partial charge is 0.322 e. The van der Waals surface area contributed by atoms with Gasteiger partial charge in [-0.25, -0.2) is 0 Å². The summed E-state index contributed by atoms with van der Waals surface area (Å²) in [5, 5.41) is 5.71. The second-order valence-electron chi connectivity index (χ2n) is 7.75. The predicted octanol–water partition coefficient (Wildman–Crippen LogP) is 0.631. The number of likely N-dealkylation sites (tertiary alicyclic amines) is 1. The number of rotatable bonds is 4. The normalized spacial score (nSPS) is 26.3. The van der Waals surface area contributed by atoms with Gasteiger partial charge in [0, 0.05) is 37.7 Å². The number of carbonyl (C=O) groups excluding carboxylic acids is 3. The molecule has 2 saturated heterocycles. The molecular formula is C20H26N4O3. The van der Waals surface area contributed by atoms with Crippen molar-refractivity contribution in [2.45, 2.75) is 50.9 Å². The van der Waals surface area contributed by atoms with Crippen LogP contribution < -0.4 is 10.6 Å². The monoisotopic (exact) mass is 370 g/mol. The number of hydrogen-bond donors (Lipinski definition) is 2. The lowest BCUT2D eigenvalue weighted by Gasteiger charge is -2.32. The lowest BCUT2D eigenvalue weighted by atomic mass is 10.0. The lowest BCUT2D eigenvalue weighted by Crippen LogP contribution is -2.52. The maximum absolute atomic E-state index is 12.7. The fourth-order valence-corrected chi connectivity index (χ4v) is 4.42. The van der Waals surface area contributed by atoms with E-state index in [-0.39, 0.29) is 24.1 Å². The molecule has 7 nitrogen and oxygen atoms in total. The number of imide groups is 1. The number of amides is 3. The van der Waals surface area contributed by atoms with Crippen molar-refractivity contribution in [2.75, 3.05) is 20.1 Å². The Hall–Kier alpha value is -2.25. The average molecular weight is 370 g/mol. The Balaban J connectivity index is 1.46. The molecule has 3 amide bonds. The van der Waals surface area contributed by atoms with E-state index in [0.29, 0.717) is 24.6 Å². The van der Waals surface area contributed by atoms with Gasteiger partial charge in [0.2, 0.25) is 11.8 Å². The van der Waals surface area contributed by atoms with E-state index in [1.807, 2.05) is 19.2 Å². The Labute approximate surface area is 159 Å². The third-order valence-electron chi connectivity index (χ3n) is 5.91. The minimum absolute atomic E-state index is 0.112. The van der Waals surface area contributed by atoms with E-state index in [0.717, 1.165) is 25.2 Å². The summed E-state index contributed by atoms with van der Waals surface area (Å²) in [7, 11) is 2.01. The molecular weight excluding hydrogens is 344 g/mol. The zero-order valence-corrected chi connectivity index (χ0v) is 15.7. The van der Waals surface area contributed by atoms with E-state index in [2.05, 4.69) is 21.6 Å². The topological polar surface area (TPSA) is 81.8 Å². The van der Waals surface area contributed by atoms with E-state index in [1.54, 1.807) is 4.90 Å². The maximum atomic E-state index is 12.7. The quantitative estimate of drug-likeness (QED) is 0.760. The molecule has 3 heterocycles. The van der Waals surface area contributed by atoms with Crippen LogP contribution >= 0.6 is 0 Å². The average Bonchev–Trinajstić information content (AvgIpc) is 2.98. The van der Waals surface area contributed by atoms with Crippen LogP contribution in [0.25, 0.3) is 0 Å². The van der Waals surface area contributed by atoms with E-state index < -0.39 is 6.04 Å². The van der Waals surface area contributed by atoms with Crippen LogP contribution in [0.5, 0.6) is 0 Å². The van der Waals surface area contributed by atoms with Crippen molar-refractivity contribution >= 4 is 17.7 Å².